The van der Waals surface area contributed by atoms with Crippen LogP contribution < -0.4 is 5.43 Å². The van der Waals surface area contributed by atoms with E-state index in [0.29, 0.717) is 6.07 Å². The van der Waals surface area contributed by atoms with Crippen molar-refractivity contribution in [2.24, 2.45) is 5.92 Å². The summed E-state index contributed by atoms with van der Waals surface area (Å²) in [5, 5.41) is 0. The molecular weight excluding hydrogens is 265 g/mol. The Balaban J connectivity index is 2.82. The van der Waals surface area contributed by atoms with Gasteiger partial charge in [0.1, 0.15) is 12.2 Å². The van der Waals surface area contributed by atoms with Crippen molar-refractivity contribution < 1.29 is 27.1 Å². The summed E-state index contributed by atoms with van der Waals surface area (Å²) in [5.41, 5.74) is -0.870. The molecule has 7 heteroatoms. The first-order chi connectivity index (χ1) is 8.68. The minimum Gasteiger partial charge on any atom is -0.465 e. The maximum absolute atomic E-state index is 12.4. The quantitative estimate of drug-likeness (QED) is 0.793. The van der Waals surface area contributed by atoms with Gasteiger partial charge < -0.3 is 9.15 Å². The predicted octanol–water partition coefficient (Wildman–Crippen LogP) is 2.40. The second-order valence-electron chi connectivity index (χ2n) is 4.38. The fourth-order valence-electron chi connectivity index (χ4n) is 1.21. The summed E-state index contributed by atoms with van der Waals surface area (Å²) in [6.07, 6.45) is -5.27. The number of carbonyl (C=O) groups excluding carboxylic acids is 1. The molecule has 0 aliphatic heterocycles. The van der Waals surface area contributed by atoms with E-state index in [9.17, 15) is 22.8 Å². The first-order valence-electron chi connectivity index (χ1n) is 5.55. The van der Waals surface area contributed by atoms with Gasteiger partial charge in [-0.3, -0.25) is 9.59 Å². The third-order valence-electron chi connectivity index (χ3n) is 1.99. The molecule has 0 saturated carbocycles. The summed E-state index contributed by atoms with van der Waals surface area (Å²) in [7, 11) is 0. The van der Waals surface area contributed by atoms with E-state index in [1.165, 1.54) is 0 Å². The number of ether oxygens (including phenoxy) is 1. The Morgan fingerprint density at radius 3 is 2.53 bits per heavy atom. The Morgan fingerprint density at radius 2 is 2.00 bits per heavy atom. The van der Waals surface area contributed by atoms with Crippen LogP contribution in [0.2, 0.25) is 0 Å². The van der Waals surface area contributed by atoms with E-state index < -0.39 is 29.8 Å². The van der Waals surface area contributed by atoms with Crippen molar-refractivity contribution in [3.63, 3.8) is 0 Å². The largest absolute Gasteiger partial charge is 0.465 e. The smallest absolute Gasteiger partial charge is 0.449 e. The first-order valence-corrected chi connectivity index (χ1v) is 5.55. The monoisotopic (exact) mass is 278 g/mol. The number of hydrogen-bond donors (Lipinski definition) is 0. The van der Waals surface area contributed by atoms with Crippen LogP contribution in [0, 0.1) is 5.92 Å². The molecule has 1 rings (SSSR count). The third-order valence-corrected chi connectivity index (χ3v) is 1.99. The molecule has 0 radical (unpaired) electrons. The number of esters is 1. The Bertz CT molecular complexity index is 502. The molecule has 0 aliphatic rings. The van der Waals surface area contributed by atoms with Crippen LogP contribution in [-0.4, -0.2) is 12.6 Å². The highest BCUT2D eigenvalue weighted by Gasteiger charge is 2.34. The average Bonchev–Trinajstić information content (AvgIpc) is 2.24. The molecule has 0 amide bonds. The molecule has 19 heavy (non-hydrogen) atoms. The van der Waals surface area contributed by atoms with Gasteiger partial charge in [-0.2, -0.15) is 13.2 Å². The van der Waals surface area contributed by atoms with E-state index in [0.717, 1.165) is 6.07 Å². The minimum absolute atomic E-state index is 0.109. The number of alkyl halides is 3. The summed E-state index contributed by atoms with van der Waals surface area (Å²) < 4.78 is 46.4. The van der Waals surface area contributed by atoms with Gasteiger partial charge in [-0.1, -0.05) is 13.8 Å². The lowest BCUT2D eigenvalue weighted by atomic mass is 10.2. The predicted molar refractivity (Wildman–Crippen MR) is 59.5 cm³/mol. The van der Waals surface area contributed by atoms with Gasteiger partial charge in [0.15, 0.2) is 5.43 Å². The van der Waals surface area contributed by atoms with Gasteiger partial charge in [-0.15, -0.1) is 0 Å². The van der Waals surface area contributed by atoms with Gasteiger partial charge in [0.25, 0.3) is 0 Å². The lowest BCUT2D eigenvalue weighted by Gasteiger charge is -2.08. The molecule has 106 valence electrons. The maximum atomic E-state index is 12.4. The second kappa shape index (κ2) is 5.90. The van der Waals surface area contributed by atoms with Crippen LogP contribution in [-0.2, 0) is 22.1 Å². The first kappa shape index (κ1) is 15.3. The van der Waals surface area contributed by atoms with Crippen LogP contribution in [0.15, 0.2) is 21.3 Å². The molecular formula is C12H13F3O4. The van der Waals surface area contributed by atoms with Gasteiger partial charge in [-0.25, -0.2) is 0 Å². The third kappa shape index (κ3) is 5.15. The fraction of sp³-hybridized carbons (Fsp3) is 0.500. The summed E-state index contributed by atoms with van der Waals surface area (Å²) in [5.74, 6) is -2.42. The molecule has 0 spiro atoms. The van der Waals surface area contributed by atoms with E-state index in [4.69, 9.17) is 4.74 Å². The van der Waals surface area contributed by atoms with Gasteiger partial charge in [0.2, 0.25) is 5.76 Å². The number of carbonyl (C=O) groups is 1. The van der Waals surface area contributed by atoms with Crippen LogP contribution in [0.4, 0.5) is 13.2 Å². The van der Waals surface area contributed by atoms with E-state index in [2.05, 4.69) is 4.42 Å². The normalized spacial score (nSPS) is 11.7. The zero-order valence-electron chi connectivity index (χ0n) is 10.4. The van der Waals surface area contributed by atoms with Crippen molar-refractivity contribution >= 4 is 5.97 Å². The molecule has 0 bridgehead atoms. The molecule has 1 aromatic rings. The highest BCUT2D eigenvalue weighted by atomic mass is 19.4. The van der Waals surface area contributed by atoms with Crippen molar-refractivity contribution in [1.82, 2.24) is 0 Å². The molecule has 0 aromatic carbocycles. The molecule has 4 nitrogen and oxygen atoms in total. The lowest BCUT2D eigenvalue weighted by molar-refractivity contribution is -0.155. The summed E-state index contributed by atoms with van der Waals surface area (Å²) >= 11 is 0. The molecule has 1 aromatic heterocycles. The summed E-state index contributed by atoms with van der Waals surface area (Å²) in [6, 6.07) is 1.18. The Kier molecular flexibility index (Phi) is 4.74. The summed E-state index contributed by atoms with van der Waals surface area (Å²) in [6.45, 7) is 3.79. The molecule has 0 aliphatic carbocycles. The molecule has 0 atom stereocenters. The van der Waals surface area contributed by atoms with Crippen molar-refractivity contribution in [2.75, 3.05) is 6.61 Å². The topological polar surface area (TPSA) is 56.5 Å². The van der Waals surface area contributed by atoms with Gasteiger partial charge in [0, 0.05) is 12.1 Å². The summed E-state index contributed by atoms with van der Waals surface area (Å²) in [4.78, 5) is 22.4. The molecule has 1 heterocycles. The molecule has 0 saturated heterocycles. The van der Waals surface area contributed by atoms with Crippen molar-refractivity contribution in [3.8, 4) is 0 Å². The minimum atomic E-state index is -4.77. The van der Waals surface area contributed by atoms with Gasteiger partial charge in [-0.05, 0) is 5.92 Å². The van der Waals surface area contributed by atoms with Gasteiger partial charge in [0.05, 0.1) is 6.61 Å². The van der Waals surface area contributed by atoms with Crippen molar-refractivity contribution in [2.45, 2.75) is 26.4 Å². The van der Waals surface area contributed by atoms with Crippen molar-refractivity contribution in [1.29, 1.82) is 0 Å². The zero-order valence-corrected chi connectivity index (χ0v) is 10.4. The van der Waals surface area contributed by atoms with Gasteiger partial charge >= 0.3 is 12.1 Å². The van der Waals surface area contributed by atoms with Crippen LogP contribution in [0.3, 0.4) is 0 Å². The second-order valence-corrected chi connectivity index (χ2v) is 4.38. The number of hydrogen-bond acceptors (Lipinski definition) is 4. The van der Waals surface area contributed by atoms with Crippen LogP contribution in [0.5, 0.6) is 0 Å². The Morgan fingerprint density at radius 1 is 1.37 bits per heavy atom. The SMILES string of the molecule is CC(C)COC(=O)Cc1cc(=O)cc(C(F)(F)F)o1. The number of rotatable bonds is 4. The number of halogens is 3. The Labute approximate surface area is 107 Å². The lowest BCUT2D eigenvalue weighted by Crippen LogP contribution is -2.15. The highest BCUT2D eigenvalue weighted by molar-refractivity contribution is 5.71. The van der Waals surface area contributed by atoms with Crippen LogP contribution in [0.25, 0.3) is 0 Å². The highest BCUT2D eigenvalue weighted by Crippen LogP contribution is 2.28. The fourth-order valence-corrected chi connectivity index (χ4v) is 1.21. The van der Waals surface area contributed by atoms with Crippen LogP contribution in [0.1, 0.15) is 25.4 Å². The standard InChI is InChI=1S/C12H13F3O4/c1-7(2)6-18-11(17)5-9-3-8(16)4-10(19-9)12(13,14)15/h3-4,7H,5-6H2,1-2H3. The van der Waals surface area contributed by atoms with E-state index in [-0.39, 0.29) is 18.3 Å². The van der Waals surface area contributed by atoms with E-state index in [1.54, 1.807) is 0 Å². The van der Waals surface area contributed by atoms with E-state index >= 15 is 0 Å². The maximum Gasteiger partial charge on any atom is 0.449 e. The Hall–Kier alpha value is -1.79. The molecule has 0 fully saturated rings. The molecule has 0 N–H and O–H groups in total. The zero-order chi connectivity index (χ0) is 14.6. The van der Waals surface area contributed by atoms with Crippen molar-refractivity contribution in [3.05, 3.63) is 33.9 Å². The van der Waals surface area contributed by atoms with E-state index in [1.807, 2.05) is 13.8 Å². The average molecular weight is 278 g/mol. The molecule has 0 unspecified atom stereocenters. The van der Waals surface area contributed by atoms with Crippen LogP contribution >= 0.6 is 0 Å².